The quantitative estimate of drug-likeness (QED) is 0.487. The minimum Gasteiger partial charge on any atom is -0.346 e. The van der Waals surface area contributed by atoms with Crippen LogP contribution in [0, 0.1) is 6.92 Å². The first-order valence-corrected chi connectivity index (χ1v) is 10.2. The molecule has 3 rings (SSSR count). The molecule has 0 spiro atoms. The summed E-state index contributed by atoms with van der Waals surface area (Å²) in [5, 5.41) is 3.80. The van der Waals surface area contributed by atoms with Crippen LogP contribution in [0.3, 0.4) is 0 Å². The molecule has 0 aliphatic heterocycles. The Morgan fingerprint density at radius 2 is 1.59 bits per heavy atom. The lowest BCUT2D eigenvalue weighted by atomic mass is 10.1. The van der Waals surface area contributed by atoms with Crippen LogP contribution in [0.2, 0.25) is 5.02 Å². The fraction of sp³-hybridized carbons (Fsp3) is 0.174. The summed E-state index contributed by atoms with van der Waals surface area (Å²) >= 11 is 7.66. The summed E-state index contributed by atoms with van der Waals surface area (Å²) < 4.78 is 0. The molecule has 1 atom stereocenters. The Bertz CT molecular complexity index is 889. The highest BCUT2D eigenvalue weighted by Gasteiger charge is 2.11. The van der Waals surface area contributed by atoms with Crippen LogP contribution in [0.5, 0.6) is 0 Å². The van der Waals surface area contributed by atoms with Gasteiger partial charge < -0.3 is 5.32 Å². The van der Waals surface area contributed by atoms with Crippen LogP contribution in [0.25, 0.3) is 0 Å². The average molecular weight is 396 g/mol. The van der Waals surface area contributed by atoms with E-state index in [0.29, 0.717) is 5.56 Å². The minimum atomic E-state index is -0.0556. The third-order valence-electron chi connectivity index (χ3n) is 4.36. The summed E-state index contributed by atoms with van der Waals surface area (Å²) in [5.41, 5.74) is 4.17. The van der Waals surface area contributed by atoms with Gasteiger partial charge in [-0.25, -0.2) is 0 Å². The summed E-state index contributed by atoms with van der Waals surface area (Å²) in [6.45, 7) is 4.06. The van der Waals surface area contributed by atoms with Gasteiger partial charge in [-0.05, 0) is 61.4 Å². The van der Waals surface area contributed by atoms with Crippen LogP contribution in [0.1, 0.15) is 40.0 Å². The molecule has 3 aromatic rings. The molecule has 0 unspecified atom stereocenters. The molecule has 1 N–H and O–H groups in total. The van der Waals surface area contributed by atoms with Gasteiger partial charge in [0.25, 0.3) is 5.91 Å². The van der Waals surface area contributed by atoms with Crippen molar-refractivity contribution in [3.05, 3.63) is 100 Å². The first-order valence-electron chi connectivity index (χ1n) is 8.86. The molecular formula is C23H22ClNOS. The highest BCUT2D eigenvalue weighted by molar-refractivity contribution is 7.98. The standard InChI is InChI=1S/C23H22ClNOS/c1-16-3-7-19(8-4-16)17(2)25-23(26)20-9-5-18(6-10-20)15-27-22-13-11-21(24)12-14-22/h3-14,17H,15H2,1-2H3,(H,25,26)/t17-/m0/s1. The van der Waals surface area contributed by atoms with Crippen LogP contribution in [0.4, 0.5) is 0 Å². The smallest absolute Gasteiger partial charge is 0.251 e. The van der Waals surface area contributed by atoms with Gasteiger partial charge in [0, 0.05) is 21.2 Å². The van der Waals surface area contributed by atoms with E-state index in [4.69, 9.17) is 11.6 Å². The molecule has 138 valence electrons. The second-order valence-electron chi connectivity index (χ2n) is 6.55. The first-order chi connectivity index (χ1) is 13.0. The van der Waals surface area contributed by atoms with Gasteiger partial charge in [-0.2, -0.15) is 0 Å². The Morgan fingerprint density at radius 3 is 2.22 bits per heavy atom. The van der Waals surface area contributed by atoms with Crippen molar-refractivity contribution in [3.63, 3.8) is 0 Å². The Hall–Kier alpha value is -2.23. The third kappa shape index (κ3) is 5.62. The van der Waals surface area contributed by atoms with Gasteiger partial charge in [0.15, 0.2) is 0 Å². The SMILES string of the molecule is Cc1ccc([C@H](C)NC(=O)c2ccc(CSc3ccc(Cl)cc3)cc2)cc1. The maximum atomic E-state index is 12.5. The van der Waals surface area contributed by atoms with Crippen molar-refractivity contribution in [1.82, 2.24) is 5.32 Å². The number of rotatable bonds is 6. The topological polar surface area (TPSA) is 29.1 Å². The highest BCUT2D eigenvalue weighted by Crippen LogP contribution is 2.24. The lowest BCUT2D eigenvalue weighted by molar-refractivity contribution is 0.0940. The van der Waals surface area contributed by atoms with Gasteiger partial charge in [-0.1, -0.05) is 53.6 Å². The molecule has 0 heterocycles. The molecule has 0 aliphatic carbocycles. The van der Waals surface area contributed by atoms with Crippen LogP contribution < -0.4 is 5.32 Å². The zero-order chi connectivity index (χ0) is 19.2. The normalized spacial score (nSPS) is 11.8. The van der Waals surface area contributed by atoms with Crippen molar-refractivity contribution in [3.8, 4) is 0 Å². The highest BCUT2D eigenvalue weighted by atomic mass is 35.5. The number of carbonyl (C=O) groups excluding carboxylic acids is 1. The van der Waals surface area contributed by atoms with E-state index < -0.39 is 0 Å². The molecule has 1 amide bonds. The van der Waals surface area contributed by atoms with Gasteiger partial charge in [0.2, 0.25) is 0 Å². The number of nitrogens with one attached hydrogen (secondary N) is 1. The summed E-state index contributed by atoms with van der Waals surface area (Å²) in [5.74, 6) is 0.795. The maximum Gasteiger partial charge on any atom is 0.251 e. The van der Waals surface area contributed by atoms with E-state index in [0.717, 1.165) is 16.3 Å². The number of hydrogen-bond donors (Lipinski definition) is 1. The van der Waals surface area contributed by atoms with Crippen LogP contribution in [0.15, 0.2) is 77.7 Å². The Morgan fingerprint density at radius 1 is 0.963 bits per heavy atom. The van der Waals surface area contributed by atoms with Crippen molar-refractivity contribution in [2.45, 2.75) is 30.5 Å². The van der Waals surface area contributed by atoms with Crippen LogP contribution >= 0.6 is 23.4 Å². The number of amides is 1. The predicted octanol–water partition coefficient (Wildman–Crippen LogP) is 6.43. The average Bonchev–Trinajstić information content (AvgIpc) is 2.68. The maximum absolute atomic E-state index is 12.5. The van der Waals surface area contributed by atoms with Crippen molar-refractivity contribution >= 4 is 29.3 Å². The first kappa shape index (κ1) is 19.5. The van der Waals surface area contributed by atoms with Crippen LogP contribution in [-0.2, 0) is 5.75 Å². The molecule has 3 aromatic carbocycles. The fourth-order valence-corrected chi connectivity index (χ4v) is 3.65. The van der Waals surface area contributed by atoms with E-state index >= 15 is 0 Å². The number of benzene rings is 3. The lowest BCUT2D eigenvalue weighted by Gasteiger charge is -2.15. The third-order valence-corrected chi connectivity index (χ3v) is 5.70. The largest absolute Gasteiger partial charge is 0.346 e. The molecule has 0 aromatic heterocycles. The molecule has 27 heavy (non-hydrogen) atoms. The molecule has 0 saturated heterocycles. The second-order valence-corrected chi connectivity index (χ2v) is 8.03. The molecule has 0 radical (unpaired) electrons. The van der Waals surface area contributed by atoms with Gasteiger partial charge >= 0.3 is 0 Å². The number of hydrogen-bond acceptors (Lipinski definition) is 2. The number of halogens is 1. The zero-order valence-electron chi connectivity index (χ0n) is 15.4. The van der Waals surface area contributed by atoms with Crippen LogP contribution in [-0.4, -0.2) is 5.91 Å². The second kappa shape index (κ2) is 9.12. The molecule has 4 heteroatoms. The lowest BCUT2D eigenvalue weighted by Crippen LogP contribution is -2.26. The summed E-state index contributed by atoms with van der Waals surface area (Å²) in [6.07, 6.45) is 0. The summed E-state index contributed by atoms with van der Waals surface area (Å²) in [4.78, 5) is 13.7. The van der Waals surface area contributed by atoms with Crippen molar-refractivity contribution < 1.29 is 4.79 Å². The molecule has 0 bridgehead atoms. The van der Waals surface area contributed by atoms with E-state index in [9.17, 15) is 4.79 Å². The molecule has 2 nitrogen and oxygen atoms in total. The van der Waals surface area contributed by atoms with E-state index in [1.807, 2.05) is 55.5 Å². The van der Waals surface area contributed by atoms with E-state index in [1.54, 1.807) is 11.8 Å². The number of thioether (sulfide) groups is 1. The van der Waals surface area contributed by atoms with Gasteiger partial charge in [-0.3, -0.25) is 4.79 Å². The summed E-state index contributed by atoms with van der Waals surface area (Å²) in [7, 11) is 0. The van der Waals surface area contributed by atoms with Gasteiger partial charge in [-0.15, -0.1) is 11.8 Å². The Balaban J connectivity index is 1.56. The Labute approximate surface area is 170 Å². The monoisotopic (exact) mass is 395 g/mol. The fourth-order valence-electron chi connectivity index (χ4n) is 2.67. The summed E-state index contributed by atoms with van der Waals surface area (Å²) in [6, 6.07) is 23.8. The predicted molar refractivity (Wildman–Crippen MR) is 115 cm³/mol. The van der Waals surface area contributed by atoms with Crippen molar-refractivity contribution in [2.24, 2.45) is 0 Å². The van der Waals surface area contributed by atoms with Crippen molar-refractivity contribution in [2.75, 3.05) is 0 Å². The zero-order valence-corrected chi connectivity index (χ0v) is 17.0. The van der Waals surface area contributed by atoms with Gasteiger partial charge in [0.1, 0.15) is 0 Å². The van der Waals surface area contributed by atoms with E-state index in [2.05, 4.69) is 36.5 Å². The van der Waals surface area contributed by atoms with E-state index in [-0.39, 0.29) is 11.9 Å². The molecule has 0 aliphatic rings. The molecule has 0 fully saturated rings. The molecular weight excluding hydrogens is 374 g/mol. The number of carbonyl (C=O) groups is 1. The van der Waals surface area contributed by atoms with E-state index in [1.165, 1.54) is 16.0 Å². The van der Waals surface area contributed by atoms with Crippen molar-refractivity contribution in [1.29, 1.82) is 0 Å². The minimum absolute atomic E-state index is 0.0294. The number of aryl methyl sites for hydroxylation is 1. The van der Waals surface area contributed by atoms with Gasteiger partial charge in [0.05, 0.1) is 6.04 Å². The Kier molecular flexibility index (Phi) is 6.59. The molecule has 0 saturated carbocycles.